The van der Waals surface area contributed by atoms with Crippen LogP contribution < -0.4 is 15.5 Å². The highest BCUT2D eigenvalue weighted by molar-refractivity contribution is 5.86. The second-order valence-corrected chi connectivity index (χ2v) is 6.72. The average molecular weight is 370 g/mol. The molecule has 0 unspecified atom stereocenters. The maximum absolute atomic E-state index is 12.6. The Labute approximate surface area is 149 Å². The lowest BCUT2D eigenvalue weighted by Gasteiger charge is -2.32. The second kappa shape index (κ2) is 7.51. The van der Waals surface area contributed by atoms with Gasteiger partial charge in [0.1, 0.15) is 5.82 Å². The lowest BCUT2D eigenvalue weighted by atomic mass is 9.96. The second-order valence-electron chi connectivity index (χ2n) is 6.72. The first kappa shape index (κ1) is 18.5. The van der Waals surface area contributed by atoms with Crippen LogP contribution in [0.25, 0.3) is 0 Å². The molecule has 2 aliphatic rings. The molecule has 2 N–H and O–H groups in total. The SMILES string of the molecule is O=C(CNC(=O)C1CCN(c2ccc(C(F)(F)F)cn2)CC1)NC1CC1. The Balaban J connectivity index is 1.44. The molecule has 2 amide bonds. The van der Waals surface area contributed by atoms with Gasteiger partial charge in [-0.2, -0.15) is 13.2 Å². The van der Waals surface area contributed by atoms with Crippen molar-refractivity contribution in [2.24, 2.45) is 5.92 Å². The summed E-state index contributed by atoms with van der Waals surface area (Å²) >= 11 is 0. The molecule has 0 spiro atoms. The zero-order chi connectivity index (χ0) is 18.7. The van der Waals surface area contributed by atoms with Crippen LogP contribution in [-0.2, 0) is 15.8 Å². The summed E-state index contributed by atoms with van der Waals surface area (Å²) in [5.41, 5.74) is -0.778. The third-order valence-electron chi connectivity index (χ3n) is 4.63. The molecular weight excluding hydrogens is 349 g/mol. The zero-order valence-corrected chi connectivity index (χ0v) is 14.2. The summed E-state index contributed by atoms with van der Waals surface area (Å²) in [7, 11) is 0. The van der Waals surface area contributed by atoms with Gasteiger partial charge >= 0.3 is 6.18 Å². The van der Waals surface area contributed by atoms with Crippen LogP contribution in [-0.4, -0.2) is 42.5 Å². The van der Waals surface area contributed by atoms with Gasteiger partial charge in [0.25, 0.3) is 0 Å². The molecule has 142 valence electrons. The smallest absolute Gasteiger partial charge is 0.357 e. The maximum Gasteiger partial charge on any atom is 0.417 e. The molecule has 6 nitrogen and oxygen atoms in total. The number of aromatic nitrogens is 1. The van der Waals surface area contributed by atoms with Gasteiger partial charge in [-0.1, -0.05) is 0 Å². The standard InChI is InChI=1S/C17H21F3N4O2/c18-17(19,20)12-1-4-14(21-9-12)24-7-5-11(6-8-24)16(26)22-10-15(25)23-13-2-3-13/h1,4,9,11,13H,2-3,5-8,10H2,(H,22,26)(H,23,25). The molecule has 0 radical (unpaired) electrons. The minimum Gasteiger partial charge on any atom is -0.357 e. The number of halogens is 3. The van der Waals surface area contributed by atoms with Crippen molar-refractivity contribution in [1.29, 1.82) is 0 Å². The number of hydrogen-bond acceptors (Lipinski definition) is 4. The normalized spacial score (nSPS) is 18.5. The molecule has 1 saturated carbocycles. The fourth-order valence-corrected chi connectivity index (χ4v) is 2.93. The number of amides is 2. The topological polar surface area (TPSA) is 74.3 Å². The van der Waals surface area contributed by atoms with Crippen molar-refractivity contribution in [2.45, 2.75) is 37.9 Å². The molecule has 0 bridgehead atoms. The number of nitrogens with zero attached hydrogens (tertiary/aromatic N) is 2. The van der Waals surface area contributed by atoms with E-state index in [4.69, 9.17) is 0 Å². The van der Waals surface area contributed by atoms with Gasteiger partial charge in [-0.15, -0.1) is 0 Å². The fraction of sp³-hybridized carbons (Fsp3) is 0.588. The molecule has 9 heteroatoms. The minimum absolute atomic E-state index is 0.0178. The summed E-state index contributed by atoms with van der Waals surface area (Å²) in [6.07, 6.45) is -0.446. The third kappa shape index (κ3) is 4.86. The van der Waals surface area contributed by atoms with Crippen molar-refractivity contribution in [2.75, 3.05) is 24.5 Å². The number of piperidine rings is 1. The highest BCUT2D eigenvalue weighted by Crippen LogP contribution is 2.30. The van der Waals surface area contributed by atoms with Gasteiger partial charge in [-0.3, -0.25) is 9.59 Å². The van der Waals surface area contributed by atoms with E-state index in [0.717, 1.165) is 25.1 Å². The van der Waals surface area contributed by atoms with Crippen molar-refractivity contribution in [3.63, 3.8) is 0 Å². The highest BCUT2D eigenvalue weighted by Gasteiger charge is 2.31. The Bertz CT molecular complexity index is 651. The number of rotatable bonds is 5. The molecular formula is C17H21F3N4O2. The van der Waals surface area contributed by atoms with Crippen LogP contribution in [0.3, 0.4) is 0 Å². The van der Waals surface area contributed by atoms with Crippen molar-refractivity contribution in [3.05, 3.63) is 23.9 Å². The average Bonchev–Trinajstić information content (AvgIpc) is 3.43. The lowest BCUT2D eigenvalue weighted by Crippen LogP contribution is -2.44. The Morgan fingerprint density at radius 2 is 1.85 bits per heavy atom. The predicted molar refractivity (Wildman–Crippen MR) is 88.4 cm³/mol. The number of anilines is 1. The molecule has 0 aromatic carbocycles. The van der Waals surface area contributed by atoms with Gasteiger partial charge in [0, 0.05) is 31.2 Å². The Morgan fingerprint density at radius 1 is 1.15 bits per heavy atom. The van der Waals surface area contributed by atoms with Crippen molar-refractivity contribution in [1.82, 2.24) is 15.6 Å². The van der Waals surface area contributed by atoms with Gasteiger partial charge < -0.3 is 15.5 Å². The van der Waals surface area contributed by atoms with E-state index in [0.29, 0.717) is 31.7 Å². The molecule has 3 rings (SSSR count). The predicted octanol–water partition coefficient (Wildman–Crippen LogP) is 1.71. The molecule has 26 heavy (non-hydrogen) atoms. The Morgan fingerprint density at radius 3 is 2.38 bits per heavy atom. The van der Waals surface area contributed by atoms with E-state index in [1.54, 1.807) is 0 Å². The molecule has 1 aromatic heterocycles. The van der Waals surface area contributed by atoms with Crippen LogP contribution in [0.5, 0.6) is 0 Å². The number of hydrogen-bond donors (Lipinski definition) is 2. The molecule has 1 aromatic rings. The summed E-state index contributed by atoms with van der Waals surface area (Å²) < 4.78 is 37.7. The number of carbonyl (C=O) groups excluding carboxylic acids is 2. The van der Waals surface area contributed by atoms with Crippen LogP contribution in [0.4, 0.5) is 19.0 Å². The first-order valence-corrected chi connectivity index (χ1v) is 8.68. The van der Waals surface area contributed by atoms with E-state index >= 15 is 0 Å². The van der Waals surface area contributed by atoms with E-state index < -0.39 is 11.7 Å². The lowest BCUT2D eigenvalue weighted by molar-refractivity contribution is -0.137. The fourth-order valence-electron chi connectivity index (χ4n) is 2.93. The van der Waals surface area contributed by atoms with Gasteiger partial charge in [0.15, 0.2) is 0 Å². The van der Waals surface area contributed by atoms with E-state index in [1.165, 1.54) is 6.07 Å². The van der Waals surface area contributed by atoms with Crippen LogP contribution >= 0.6 is 0 Å². The Kier molecular flexibility index (Phi) is 5.33. The summed E-state index contributed by atoms with van der Waals surface area (Å²) in [5.74, 6) is -0.0571. The number of nitrogens with one attached hydrogen (secondary N) is 2. The quantitative estimate of drug-likeness (QED) is 0.828. The first-order valence-electron chi connectivity index (χ1n) is 8.68. The van der Waals surface area contributed by atoms with Gasteiger partial charge in [0.2, 0.25) is 11.8 Å². The van der Waals surface area contributed by atoms with Crippen molar-refractivity contribution >= 4 is 17.6 Å². The third-order valence-corrected chi connectivity index (χ3v) is 4.63. The van der Waals surface area contributed by atoms with E-state index in [2.05, 4.69) is 15.6 Å². The minimum atomic E-state index is -4.40. The molecule has 2 heterocycles. The first-order chi connectivity index (χ1) is 12.3. The summed E-state index contributed by atoms with van der Waals surface area (Å²) in [6, 6.07) is 2.63. The zero-order valence-electron chi connectivity index (χ0n) is 14.2. The Hall–Kier alpha value is -2.32. The summed E-state index contributed by atoms with van der Waals surface area (Å²) in [4.78, 5) is 29.5. The molecule has 1 aliphatic carbocycles. The summed E-state index contributed by atoms with van der Waals surface area (Å²) in [5, 5.41) is 5.46. The van der Waals surface area contributed by atoms with Crippen LogP contribution in [0.2, 0.25) is 0 Å². The largest absolute Gasteiger partial charge is 0.417 e. The van der Waals surface area contributed by atoms with E-state index in [-0.39, 0.29) is 30.3 Å². The molecule has 1 saturated heterocycles. The van der Waals surface area contributed by atoms with Crippen LogP contribution in [0, 0.1) is 5.92 Å². The number of alkyl halides is 3. The number of pyridine rings is 1. The maximum atomic E-state index is 12.6. The van der Waals surface area contributed by atoms with Gasteiger partial charge in [0.05, 0.1) is 12.1 Å². The van der Waals surface area contributed by atoms with E-state index in [9.17, 15) is 22.8 Å². The van der Waals surface area contributed by atoms with Gasteiger partial charge in [-0.25, -0.2) is 4.98 Å². The van der Waals surface area contributed by atoms with Crippen molar-refractivity contribution in [3.8, 4) is 0 Å². The van der Waals surface area contributed by atoms with Gasteiger partial charge in [-0.05, 0) is 37.8 Å². The summed E-state index contributed by atoms with van der Waals surface area (Å²) in [6.45, 7) is 1.05. The number of carbonyl (C=O) groups is 2. The van der Waals surface area contributed by atoms with Crippen LogP contribution in [0.1, 0.15) is 31.2 Å². The monoisotopic (exact) mass is 370 g/mol. The highest BCUT2D eigenvalue weighted by atomic mass is 19.4. The van der Waals surface area contributed by atoms with Crippen LogP contribution in [0.15, 0.2) is 18.3 Å². The molecule has 0 atom stereocenters. The van der Waals surface area contributed by atoms with Crippen molar-refractivity contribution < 1.29 is 22.8 Å². The van der Waals surface area contributed by atoms with E-state index in [1.807, 2.05) is 4.90 Å². The molecule has 1 aliphatic heterocycles. The molecule has 2 fully saturated rings.